The number of methoxy groups -OCH3 is 2. The summed E-state index contributed by atoms with van der Waals surface area (Å²) < 4.78 is 21.0. The van der Waals surface area contributed by atoms with Crippen LogP contribution >= 0.6 is 0 Å². The number of piperidine rings is 1. The van der Waals surface area contributed by atoms with Gasteiger partial charge in [-0.15, -0.1) is 0 Å². The number of rotatable bonds is 6. The van der Waals surface area contributed by atoms with Crippen molar-refractivity contribution < 1.29 is 38.1 Å². The van der Waals surface area contributed by atoms with Crippen molar-refractivity contribution in [3.05, 3.63) is 65.7 Å². The van der Waals surface area contributed by atoms with Gasteiger partial charge in [0, 0.05) is 31.7 Å². The molecule has 2 aromatic rings. The number of anilines is 1. The van der Waals surface area contributed by atoms with Crippen LogP contribution in [0.4, 0.5) is 15.3 Å². The van der Waals surface area contributed by atoms with Crippen LogP contribution in [-0.2, 0) is 35.1 Å². The van der Waals surface area contributed by atoms with E-state index in [4.69, 9.17) is 18.9 Å². The zero-order valence-corrected chi connectivity index (χ0v) is 23.2. The van der Waals surface area contributed by atoms with Crippen molar-refractivity contribution in [3.8, 4) is 0 Å². The molecule has 0 N–H and O–H groups in total. The number of carbonyl (C=O) groups excluding carboxylic acids is 4. The molecular formula is C29H36N2O8. The molecule has 3 unspecified atom stereocenters. The molecule has 0 saturated carbocycles. The average Bonchev–Trinajstić information content (AvgIpc) is 2.93. The molecular weight excluding hydrogens is 504 g/mol. The molecule has 1 fully saturated rings. The van der Waals surface area contributed by atoms with Crippen LogP contribution in [0.25, 0.3) is 0 Å². The standard InChI is InChI=1S/C29H36N2O8/c1-29(2,3)39-27(34)30(4)21-14-12-20(13-15-21)22-16-31(28(35)38-18-19-10-8-7-9-11-19)17-23(25(32)36-5)24(22)26(33)37-6/h7-15,22-24H,16-18H2,1-6H3. The van der Waals surface area contributed by atoms with Crippen LogP contribution in [-0.4, -0.2) is 69.0 Å². The van der Waals surface area contributed by atoms with Crippen molar-refractivity contribution in [1.29, 1.82) is 0 Å². The van der Waals surface area contributed by atoms with E-state index in [2.05, 4.69) is 0 Å². The van der Waals surface area contributed by atoms with Gasteiger partial charge in [0.1, 0.15) is 12.2 Å². The highest BCUT2D eigenvalue weighted by Gasteiger charge is 2.48. The Labute approximate surface area is 228 Å². The predicted octanol–water partition coefficient (Wildman–Crippen LogP) is 4.37. The highest BCUT2D eigenvalue weighted by atomic mass is 16.6. The van der Waals surface area contributed by atoms with Gasteiger partial charge in [0.25, 0.3) is 0 Å². The molecule has 0 aromatic heterocycles. The van der Waals surface area contributed by atoms with Crippen molar-refractivity contribution in [3.63, 3.8) is 0 Å². The van der Waals surface area contributed by atoms with E-state index in [9.17, 15) is 19.2 Å². The summed E-state index contributed by atoms with van der Waals surface area (Å²) >= 11 is 0. The Hall–Kier alpha value is -4.08. The third-order valence-corrected chi connectivity index (χ3v) is 6.52. The summed E-state index contributed by atoms with van der Waals surface area (Å²) in [6, 6.07) is 16.2. The Kier molecular flexibility index (Phi) is 9.56. The Morgan fingerprint density at radius 1 is 0.897 bits per heavy atom. The zero-order chi connectivity index (χ0) is 28.7. The van der Waals surface area contributed by atoms with Crippen LogP contribution in [0.5, 0.6) is 0 Å². The molecule has 3 atom stereocenters. The molecule has 0 bridgehead atoms. The van der Waals surface area contributed by atoms with Crippen molar-refractivity contribution in [2.45, 2.75) is 38.9 Å². The summed E-state index contributed by atoms with van der Waals surface area (Å²) in [5.74, 6) is -3.66. The van der Waals surface area contributed by atoms with Crippen molar-refractivity contribution in [2.75, 3.05) is 39.3 Å². The first-order valence-corrected chi connectivity index (χ1v) is 12.6. The topological polar surface area (TPSA) is 112 Å². The molecule has 0 spiro atoms. The van der Waals surface area contributed by atoms with Gasteiger partial charge in [-0.1, -0.05) is 42.5 Å². The Bertz CT molecular complexity index is 1160. The fourth-order valence-electron chi connectivity index (χ4n) is 4.55. The first-order valence-electron chi connectivity index (χ1n) is 12.6. The Morgan fingerprint density at radius 3 is 2.08 bits per heavy atom. The molecule has 3 rings (SSSR count). The summed E-state index contributed by atoms with van der Waals surface area (Å²) in [5, 5.41) is 0. The number of esters is 2. The van der Waals surface area contributed by atoms with E-state index in [1.807, 2.05) is 30.3 Å². The second kappa shape index (κ2) is 12.6. The van der Waals surface area contributed by atoms with E-state index in [1.165, 1.54) is 24.0 Å². The number of ether oxygens (including phenoxy) is 4. The zero-order valence-electron chi connectivity index (χ0n) is 23.2. The SMILES string of the molecule is COC(=O)C1CN(C(=O)OCc2ccccc2)CC(c2ccc(N(C)C(=O)OC(C)(C)C)cc2)C1C(=O)OC. The van der Waals surface area contributed by atoms with Gasteiger partial charge in [-0.05, 0) is 44.0 Å². The lowest BCUT2D eigenvalue weighted by Crippen LogP contribution is -2.53. The lowest BCUT2D eigenvalue weighted by molar-refractivity contribution is -0.161. The number of carbonyl (C=O) groups is 4. The molecule has 2 aromatic carbocycles. The predicted molar refractivity (Wildman–Crippen MR) is 143 cm³/mol. The summed E-state index contributed by atoms with van der Waals surface area (Å²) in [7, 11) is 4.09. The van der Waals surface area contributed by atoms with Gasteiger partial charge >= 0.3 is 24.1 Å². The third-order valence-electron chi connectivity index (χ3n) is 6.52. The average molecular weight is 541 g/mol. The number of likely N-dealkylation sites (tertiary alicyclic amines) is 1. The van der Waals surface area contributed by atoms with Crippen LogP contribution in [0.3, 0.4) is 0 Å². The number of benzene rings is 2. The Morgan fingerprint density at radius 2 is 1.51 bits per heavy atom. The molecule has 39 heavy (non-hydrogen) atoms. The molecule has 0 aliphatic carbocycles. The summed E-state index contributed by atoms with van der Waals surface area (Å²) in [6.07, 6.45) is -1.12. The number of nitrogens with zero attached hydrogens (tertiary/aromatic N) is 2. The van der Waals surface area contributed by atoms with Crippen LogP contribution in [0.15, 0.2) is 54.6 Å². The quantitative estimate of drug-likeness (QED) is 0.392. The van der Waals surface area contributed by atoms with Crippen LogP contribution < -0.4 is 4.90 Å². The van der Waals surface area contributed by atoms with Crippen LogP contribution in [0, 0.1) is 11.8 Å². The van der Waals surface area contributed by atoms with Gasteiger partial charge in [-0.3, -0.25) is 14.5 Å². The van der Waals surface area contributed by atoms with Gasteiger partial charge in [-0.25, -0.2) is 9.59 Å². The summed E-state index contributed by atoms with van der Waals surface area (Å²) in [6.45, 7) is 5.47. The van der Waals surface area contributed by atoms with Gasteiger partial charge in [0.15, 0.2) is 0 Å². The minimum atomic E-state index is -0.963. The molecule has 0 radical (unpaired) electrons. The lowest BCUT2D eigenvalue weighted by Gasteiger charge is -2.41. The molecule has 210 valence electrons. The van der Waals surface area contributed by atoms with E-state index >= 15 is 0 Å². The molecule has 2 amide bonds. The summed E-state index contributed by atoms with van der Waals surface area (Å²) in [4.78, 5) is 54.1. The maximum atomic E-state index is 13.1. The normalized spacial score (nSPS) is 19.0. The minimum Gasteiger partial charge on any atom is -0.469 e. The fourth-order valence-corrected chi connectivity index (χ4v) is 4.55. The Balaban J connectivity index is 1.88. The largest absolute Gasteiger partial charge is 0.469 e. The molecule has 1 heterocycles. The van der Waals surface area contributed by atoms with Gasteiger partial charge in [-0.2, -0.15) is 0 Å². The lowest BCUT2D eigenvalue weighted by atomic mass is 9.74. The maximum Gasteiger partial charge on any atom is 0.414 e. The van der Waals surface area contributed by atoms with E-state index in [0.29, 0.717) is 11.3 Å². The molecule has 10 heteroatoms. The number of hydrogen-bond acceptors (Lipinski definition) is 8. The molecule has 1 aliphatic heterocycles. The highest BCUT2D eigenvalue weighted by Crippen LogP contribution is 2.38. The molecule has 1 aliphatic rings. The second-order valence-electron chi connectivity index (χ2n) is 10.4. The molecule has 10 nitrogen and oxygen atoms in total. The summed E-state index contributed by atoms with van der Waals surface area (Å²) in [5.41, 5.74) is 1.42. The van der Waals surface area contributed by atoms with Crippen molar-refractivity contribution in [2.24, 2.45) is 11.8 Å². The van der Waals surface area contributed by atoms with Crippen molar-refractivity contribution in [1.82, 2.24) is 4.90 Å². The fraction of sp³-hybridized carbons (Fsp3) is 0.448. The first-order chi connectivity index (χ1) is 18.4. The van der Waals surface area contributed by atoms with E-state index in [1.54, 1.807) is 52.1 Å². The molecule has 1 saturated heterocycles. The minimum absolute atomic E-state index is 0.0595. The highest BCUT2D eigenvalue weighted by molar-refractivity contribution is 5.87. The van der Waals surface area contributed by atoms with Crippen LogP contribution in [0.1, 0.15) is 37.8 Å². The van der Waals surface area contributed by atoms with Crippen LogP contribution in [0.2, 0.25) is 0 Å². The van der Waals surface area contributed by atoms with Gasteiger partial charge in [0.05, 0.1) is 26.1 Å². The first kappa shape index (κ1) is 29.5. The van der Waals surface area contributed by atoms with Crippen molar-refractivity contribution >= 4 is 29.8 Å². The van der Waals surface area contributed by atoms with E-state index in [-0.39, 0.29) is 19.7 Å². The van der Waals surface area contributed by atoms with Gasteiger partial charge < -0.3 is 23.8 Å². The number of amides is 2. The monoisotopic (exact) mass is 540 g/mol. The maximum absolute atomic E-state index is 13.1. The number of hydrogen-bond donors (Lipinski definition) is 0. The van der Waals surface area contributed by atoms with Gasteiger partial charge in [0.2, 0.25) is 0 Å². The van der Waals surface area contributed by atoms with E-state index < -0.39 is 47.5 Å². The third kappa shape index (κ3) is 7.49. The second-order valence-corrected chi connectivity index (χ2v) is 10.4. The van der Waals surface area contributed by atoms with E-state index in [0.717, 1.165) is 5.56 Å². The smallest absolute Gasteiger partial charge is 0.414 e.